The van der Waals surface area contributed by atoms with Crippen molar-refractivity contribution in [2.24, 2.45) is 11.8 Å². The lowest BCUT2D eigenvalue weighted by Crippen LogP contribution is -2.52. The summed E-state index contributed by atoms with van der Waals surface area (Å²) < 4.78 is 0. The first-order valence-corrected chi connectivity index (χ1v) is 4.76. The molecule has 1 saturated heterocycles. The van der Waals surface area contributed by atoms with Gasteiger partial charge < -0.3 is 0 Å². The van der Waals surface area contributed by atoms with Gasteiger partial charge in [-0.2, -0.15) is 5.26 Å². The first-order valence-electron chi connectivity index (χ1n) is 4.76. The molecule has 2 heteroatoms. The molecule has 12 heavy (non-hydrogen) atoms. The van der Waals surface area contributed by atoms with E-state index in [0.717, 1.165) is 11.8 Å². The summed E-state index contributed by atoms with van der Waals surface area (Å²) in [7, 11) is 0. The molecule has 1 heterocycles. The van der Waals surface area contributed by atoms with Crippen molar-refractivity contribution < 1.29 is 0 Å². The fraction of sp³-hybridized carbons (Fsp3) is 0.900. The smallest absolute Gasteiger partial charge is 0.0638 e. The normalized spacial score (nSPS) is 21.9. The van der Waals surface area contributed by atoms with Crippen LogP contribution in [0.5, 0.6) is 0 Å². The van der Waals surface area contributed by atoms with E-state index in [1.54, 1.807) is 0 Å². The zero-order valence-corrected chi connectivity index (χ0v) is 8.25. The molecule has 0 bridgehead atoms. The van der Waals surface area contributed by atoms with E-state index in [1.165, 1.54) is 13.1 Å². The van der Waals surface area contributed by atoms with E-state index in [4.69, 9.17) is 5.26 Å². The Labute approximate surface area is 75.2 Å². The van der Waals surface area contributed by atoms with Crippen LogP contribution in [0.3, 0.4) is 0 Å². The third-order valence-electron chi connectivity index (χ3n) is 2.89. The summed E-state index contributed by atoms with van der Waals surface area (Å²) in [4.78, 5) is 2.40. The maximum absolute atomic E-state index is 8.50. The number of hydrogen-bond acceptors (Lipinski definition) is 2. The van der Waals surface area contributed by atoms with Crippen molar-refractivity contribution in [3.05, 3.63) is 0 Å². The Hall–Kier alpha value is -0.550. The quantitative estimate of drug-likeness (QED) is 0.640. The van der Waals surface area contributed by atoms with Gasteiger partial charge in [0, 0.05) is 19.1 Å². The molecule has 0 aromatic rings. The topological polar surface area (TPSA) is 27.0 Å². The minimum atomic E-state index is 0.463. The summed E-state index contributed by atoms with van der Waals surface area (Å²) in [6.07, 6.45) is 0.671. The second-order valence-electron chi connectivity index (χ2n) is 4.17. The van der Waals surface area contributed by atoms with Crippen molar-refractivity contribution >= 4 is 0 Å². The Balaban J connectivity index is 2.21. The lowest BCUT2D eigenvalue weighted by molar-refractivity contribution is 0.0359. The van der Waals surface area contributed by atoms with Gasteiger partial charge in [-0.05, 0) is 18.8 Å². The Morgan fingerprint density at radius 1 is 1.42 bits per heavy atom. The highest BCUT2D eigenvalue weighted by molar-refractivity contribution is 4.88. The molecule has 0 spiro atoms. The van der Waals surface area contributed by atoms with Crippen molar-refractivity contribution in [3.63, 3.8) is 0 Å². The fourth-order valence-electron chi connectivity index (χ4n) is 1.59. The SMILES string of the molecule is CC(C)C1CN(C(C)CC#N)C1. The molecule has 2 nitrogen and oxygen atoms in total. The largest absolute Gasteiger partial charge is 0.299 e. The zero-order chi connectivity index (χ0) is 9.14. The van der Waals surface area contributed by atoms with E-state index < -0.39 is 0 Å². The molecule has 68 valence electrons. The van der Waals surface area contributed by atoms with E-state index >= 15 is 0 Å². The van der Waals surface area contributed by atoms with E-state index in [0.29, 0.717) is 12.5 Å². The van der Waals surface area contributed by atoms with Gasteiger partial charge in [0.1, 0.15) is 0 Å². The third-order valence-corrected chi connectivity index (χ3v) is 2.89. The van der Waals surface area contributed by atoms with Crippen molar-refractivity contribution in [2.75, 3.05) is 13.1 Å². The average Bonchev–Trinajstić information content (AvgIpc) is 1.82. The van der Waals surface area contributed by atoms with Gasteiger partial charge in [0.05, 0.1) is 12.5 Å². The highest BCUT2D eigenvalue weighted by Gasteiger charge is 2.31. The zero-order valence-electron chi connectivity index (χ0n) is 8.25. The van der Waals surface area contributed by atoms with Crippen LogP contribution in [0, 0.1) is 23.2 Å². The van der Waals surface area contributed by atoms with Gasteiger partial charge in [-0.25, -0.2) is 0 Å². The maximum atomic E-state index is 8.50. The minimum absolute atomic E-state index is 0.463. The molecule has 1 rings (SSSR count). The van der Waals surface area contributed by atoms with Crippen LogP contribution < -0.4 is 0 Å². The average molecular weight is 166 g/mol. The summed E-state index contributed by atoms with van der Waals surface area (Å²) in [6.45, 7) is 9.08. The Kier molecular flexibility index (Phi) is 3.11. The lowest BCUT2D eigenvalue weighted by atomic mass is 9.87. The molecule has 1 aliphatic heterocycles. The van der Waals surface area contributed by atoms with Crippen LogP contribution >= 0.6 is 0 Å². The number of nitrogens with zero attached hydrogens (tertiary/aromatic N) is 2. The van der Waals surface area contributed by atoms with Crippen LogP contribution in [-0.4, -0.2) is 24.0 Å². The van der Waals surface area contributed by atoms with E-state index in [2.05, 4.69) is 31.7 Å². The van der Waals surface area contributed by atoms with Crippen molar-refractivity contribution in [3.8, 4) is 6.07 Å². The number of likely N-dealkylation sites (tertiary alicyclic amines) is 1. The highest BCUT2D eigenvalue weighted by Crippen LogP contribution is 2.25. The molecule has 0 aliphatic carbocycles. The molecule has 0 aromatic carbocycles. The first-order chi connectivity index (χ1) is 5.65. The second kappa shape index (κ2) is 3.91. The summed E-state index contributed by atoms with van der Waals surface area (Å²) in [5, 5.41) is 8.50. The molecule has 0 saturated carbocycles. The minimum Gasteiger partial charge on any atom is -0.299 e. The second-order valence-corrected chi connectivity index (χ2v) is 4.17. The molecule has 1 atom stereocenters. The molecule has 1 aliphatic rings. The number of nitriles is 1. The van der Waals surface area contributed by atoms with Crippen LogP contribution in [0.2, 0.25) is 0 Å². The maximum Gasteiger partial charge on any atom is 0.0638 e. The van der Waals surface area contributed by atoms with Crippen molar-refractivity contribution in [2.45, 2.75) is 33.2 Å². The van der Waals surface area contributed by atoms with Crippen LogP contribution in [-0.2, 0) is 0 Å². The molecule has 0 amide bonds. The van der Waals surface area contributed by atoms with E-state index in [9.17, 15) is 0 Å². The molecule has 0 N–H and O–H groups in total. The summed E-state index contributed by atoms with van der Waals surface area (Å²) >= 11 is 0. The number of rotatable bonds is 3. The first kappa shape index (κ1) is 9.54. The Morgan fingerprint density at radius 3 is 2.42 bits per heavy atom. The Bertz CT molecular complexity index is 175. The van der Waals surface area contributed by atoms with E-state index in [-0.39, 0.29) is 0 Å². The van der Waals surface area contributed by atoms with Gasteiger partial charge in [0.15, 0.2) is 0 Å². The van der Waals surface area contributed by atoms with Crippen LogP contribution in [0.15, 0.2) is 0 Å². The number of hydrogen-bond donors (Lipinski definition) is 0. The summed E-state index contributed by atoms with van der Waals surface area (Å²) in [5.41, 5.74) is 0. The molecule has 1 fully saturated rings. The molecule has 1 unspecified atom stereocenters. The summed E-state index contributed by atoms with van der Waals surface area (Å²) in [5.74, 6) is 1.67. The van der Waals surface area contributed by atoms with Crippen molar-refractivity contribution in [1.29, 1.82) is 5.26 Å². The monoisotopic (exact) mass is 166 g/mol. The third kappa shape index (κ3) is 1.98. The van der Waals surface area contributed by atoms with Gasteiger partial charge in [-0.3, -0.25) is 4.90 Å². The predicted molar refractivity (Wildman–Crippen MR) is 49.6 cm³/mol. The van der Waals surface area contributed by atoms with Crippen LogP contribution in [0.1, 0.15) is 27.2 Å². The van der Waals surface area contributed by atoms with Gasteiger partial charge in [0.25, 0.3) is 0 Å². The van der Waals surface area contributed by atoms with Gasteiger partial charge in [-0.1, -0.05) is 13.8 Å². The van der Waals surface area contributed by atoms with Crippen LogP contribution in [0.25, 0.3) is 0 Å². The Morgan fingerprint density at radius 2 is 2.00 bits per heavy atom. The van der Waals surface area contributed by atoms with Gasteiger partial charge >= 0.3 is 0 Å². The van der Waals surface area contributed by atoms with Crippen LogP contribution in [0.4, 0.5) is 0 Å². The lowest BCUT2D eigenvalue weighted by Gasteiger charge is -2.44. The molecular formula is C10H18N2. The highest BCUT2D eigenvalue weighted by atomic mass is 15.2. The van der Waals surface area contributed by atoms with Gasteiger partial charge in [-0.15, -0.1) is 0 Å². The summed E-state index contributed by atoms with van der Waals surface area (Å²) in [6, 6.07) is 2.68. The van der Waals surface area contributed by atoms with Crippen molar-refractivity contribution in [1.82, 2.24) is 4.90 Å². The van der Waals surface area contributed by atoms with Gasteiger partial charge in [0.2, 0.25) is 0 Å². The standard InChI is InChI=1S/C10H18N2/c1-8(2)10-6-12(7-10)9(3)4-5-11/h8-10H,4,6-7H2,1-3H3. The molecular weight excluding hydrogens is 148 g/mol. The molecule has 0 aromatic heterocycles. The van der Waals surface area contributed by atoms with E-state index in [1.807, 2.05) is 0 Å². The molecule has 0 radical (unpaired) electrons. The fourth-order valence-corrected chi connectivity index (χ4v) is 1.59. The predicted octanol–water partition coefficient (Wildman–Crippen LogP) is 1.88.